The Kier molecular flexibility index (Phi) is 4.95. The lowest BCUT2D eigenvalue weighted by molar-refractivity contribution is -0.136. The number of methoxy groups -OCH3 is 1. The summed E-state index contributed by atoms with van der Waals surface area (Å²) < 4.78 is 7.88. The highest BCUT2D eigenvalue weighted by Gasteiger charge is 2.08. The topological polar surface area (TPSA) is 53.2 Å². The largest absolute Gasteiger partial charge is 0.466 e. The fourth-order valence-corrected chi connectivity index (χ4v) is 1.67. The van der Waals surface area contributed by atoms with Crippen molar-refractivity contribution in [1.82, 2.24) is 9.13 Å². The van der Waals surface area contributed by atoms with Gasteiger partial charge in [0.2, 0.25) is 0 Å². The Morgan fingerprint density at radius 2 is 2.11 bits per heavy atom. The SMILES string of the molecule is CC/C(=C/Cn1ccn(C(C)C)c1=O)C(=O)OC. The van der Waals surface area contributed by atoms with Gasteiger partial charge < -0.3 is 4.74 Å². The average Bonchev–Trinajstić information content (AvgIpc) is 2.71. The molecule has 0 aromatic carbocycles. The Bertz CT molecular complexity index is 495. The Labute approximate surface area is 107 Å². The van der Waals surface area contributed by atoms with E-state index >= 15 is 0 Å². The minimum Gasteiger partial charge on any atom is -0.466 e. The lowest BCUT2D eigenvalue weighted by Crippen LogP contribution is -2.25. The number of carbonyl (C=O) groups excluding carboxylic acids is 1. The van der Waals surface area contributed by atoms with Crippen molar-refractivity contribution in [2.45, 2.75) is 39.8 Å². The molecule has 0 amide bonds. The molecule has 100 valence electrons. The Morgan fingerprint density at radius 1 is 1.44 bits per heavy atom. The van der Waals surface area contributed by atoms with Gasteiger partial charge in [0.15, 0.2) is 0 Å². The number of rotatable bonds is 5. The van der Waals surface area contributed by atoms with Crippen molar-refractivity contribution in [2.24, 2.45) is 0 Å². The van der Waals surface area contributed by atoms with Crippen molar-refractivity contribution in [2.75, 3.05) is 7.11 Å². The van der Waals surface area contributed by atoms with Gasteiger partial charge in [0.05, 0.1) is 7.11 Å². The number of nitrogens with zero attached hydrogens (tertiary/aromatic N) is 2. The van der Waals surface area contributed by atoms with Crippen LogP contribution in [0.3, 0.4) is 0 Å². The summed E-state index contributed by atoms with van der Waals surface area (Å²) in [6.45, 7) is 6.17. The van der Waals surface area contributed by atoms with E-state index in [2.05, 4.69) is 4.74 Å². The predicted octanol–water partition coefficient (Wildman–Crippen LogP) is 1.74. The van der Waals surface area contributed by atoms with E-state index in [4.69, 9.17) is 0 Å². The van der Waals surface area contributed by atoms with Crippen LogP contribution in [0.1, 0.15) is 33.2 Å². The fraction of sp³-hybridized carbons (Fsp3) is 0.538. The average molecular weight is 252 g/mol. The molecule has 0 saturated carbocycles. The summed E-state index contributed by atoms with van der Waals surface area (Å²) >= 11 is 0. The van der Waals surface area contributed by atoms with E-state index in [-0.39, 0.29) is 17.7 Å². The molecule has 0 radical (unpaired) electrons. The van der Waals surface area contributed by atoms with Crippen LogP contribution in [0.2, 0.25) is 0 Å². The predicted molar refractivity (Wildman–Crippen MR) is 69.5 cm³/mol. The van der Waals surface area contributed by atoms with E-state index in [9.17, 15) is 9.59 Å². The van der Waals surface area contributed by atoms with Crippen LogP contribution < -0.4 is 5.69 Å². The second-order valence-electron chi connectivity index (χ2n) is 4.31. The minimum atomic E-state index is -0.339. The van der Waals surface area contributed by atoms with Crippen molar-refractivity contribution in [3.63, 3.8) is 0 Å². The lowest BCUT2D eigenvalue weighted by atomic mass is 10.2. The molecule has 0 atom stereocenters. The van der Waals surface area contributed by atoms with Crippen LogP contribution >= 0.6 is 0 Å². The third kappa shape index (κ3) is 3.12. The van der Waals surface area contributed by atoms with Gasteiger partial charge in [-0.3, -0.25) is 9.13 Å². The smallest absolute Gasteiger partial charge is 0.333 e. The van der Waals surface area contributed by atoms with Crippen LogP contribution in [-0.4, -0.2) is 22.2 Å². The number of hydrogen-bond acceptors (Lipinski definition) is 3. The lowest BCUT2D eigenvalue weighted by Gasteiger charge is -2.04. The first-order valence-electron chi connectivity index (χ1n) is 6.05. The zero-order chi connectivity index (χ0) is 13.7. The molecule has 1 heterocycles. The van der Waals surface area contributed by atoms with Gasteiger partial charge in [-0.25, -0.2) is 9.59 Å². The fourth-order valence-electron chi connectivity index (χ4n) is 1.67. The summed E-state index contributed by atoms with van der Waals surface area (Å²) in [7, 11) is 1.35. The molecule has 0 aliphatic carbocycles. The van der Waals surface area contributed by atoms with Crippen LogP contribution in [-0.2, 0) is 16.1 Å². The van der Waals surface area contributed by atoms with Gasteiger partial charge >= 0.3 is 11.7 Å². The molecule has 0 aliphatic rings. The molecular weight excluding hydrogens is 232 g/mol. The monoisotopic (exact) mass is 252 g/mol. The van der Waals surface area contributed by atoms with Crippen LogP contribution in [0, 0.1) is 0 Å². The molecule has 0 spiro atoms. The summed E-state index contributed by atoms with van der Waals surface area (Å²) in [6, 6.07) is 0.133. The molecule has 0 unspecified atom stereocenters. The zero-order valence-corrected chi connectivity index (χ0v) is 11.3. The molecular formula is C13H20N2O3. The molecule has 5 heteroatoms. The van der Waals surface area contributed by atoms with E-state index in [1.54, 1.807) is 27.6 Å². The van der Waals surface area contributed by atoms with E-state index in [1.807, 2.05) is 20.8 Å². The highest BCUT2D eigenvalue weighted by Crippen LogP contribution is 2.04. The van der Waals surface area contributed by atoms with Gasteiger partial charge in [-0.15, -0.1) is 0 Å². The first-order chi connectivity index (χ1) is 8.51. The van der Waals surface area contributed by atoms with Crippen LogP contribution in [0.15, 0.2) is 28.8 Å². The summed E-state index contributed by atoms with van der Waals surface area (Å²) in [6.07, 6.45) is 5.80. The molecule has 5 nitrogen and oxygen atoms in total. The standard InChI is InChI=1S/C13H20N2O3/c1-5-11(12(16)18-4)6-7-14-8-9-15(10(2)3)13(14)17/h6,8-10H,5,7H2,1-4H3/b11-6-. The number of imidazole rings is 1. The first kappa shape index (κ1) is 14.3. The summed E-state index contributed by atoms with van der Waals surface area (Å²) in [4.78, 5) is 23.3. The van der Waals surface area contributed by atoms with Gasteiger partial charge in [-0.2, -0.15) is 0 Å². The van der Waals surface area contributed by atoms with Crippen LogP contribution in [0.4, 0.5) is 0 Å². The second-order valence-corrected chi connectivity index (χ2v) is 4.31. The van der Waals surface area contributed by atoms with Crippen molar-refractivity contribution in [1.29, 1.82) is 0 Å². The molecule has 1 aromatic heterocycles. The molecule has 0 saturated heterocycles. The number of carbonyl (C=O) groups is 1. The Morgan fingerprint density at radius 3 is 2.56 bits per heavy atom. The third-order valence-electron chi connectivity index (χ3n) is 2.79. The van der Waals surface area contributed by atoms with Crippen molar-refractivity contribution in [3.8, 4) is 0 Å². The molecule has 0 bridgehead atoms. The molecule has 1 rings (SSSR count). The maximum absolute atomic E-state index is 11.9. The molecule has 1 aromatic rings. The molecule has 18 heavy (non-hydrogen) atoms. The second kappa shape index (κ2) is 6.23. The number of allylic oxidation sites excluding steroid dienone is 1. The van der Waals surface area contributed by atoms with Crippen LogP contribution in [0.25, 0.3) is 0 Å². The Hall–Kier alpha value is -1.78. The first-order valence-corrected chi connectivity index (χ1v) is 6.05. The number of aromatic nitrogens is 2. The molecule has 0 aliphatic heterocycles. The summed E-state index contributed by atoms with van der Waals surface area (Å²) in [5.74, 6) is -0.339. The maximum atomic E-state index is 11.9. The normalized spacial score (nSPS) is 11.9. The molecule has 0 N–H and O–H groups in total. The Balaban J connectivity index is 2.89. The minimum absolute atomic E-state index is 0.0680. The zero-order valence-electron chi connectivity index (χ0n) is 11.3. The third-order valence-corrected chi connectivity index (χ3v) is 2.79. The maximum Gasteiger partial charge on any atom is 0.333 e. The van der Waals surface area contributed by atoms with Gasteiger partial charge in [-0.05, 0) is 20.3 Å². The van der Waals surface area contributed by atoms with Gasteiger partial charge in [0.1, 0.15) is 0 Å². The molecule has 0 fully saturated rings. The van der Waals surface area contributed by atoms with E-state index in [1.165, 1.54) is 7.11 Å². The highest BCUT2D eigenvalue weighted by atomic mass is 16.5. The van der Waals surface area contributed by atoms with E-state index in [0.29, 0.717) is 18.5 Å². The van der Waals surface area contributed by atoms with Gasteiger partial charge in [0, 0.05) is 30.6 Å². The van der Waals surface area contributed by atoms with Crippen LogP contribution in [0.5, 0.6) is 0 Å². The van der Waals surface area contributed by atoms with Crippen molar-refractivity contribution >= 4 is 5.97 Å². The van der Waals surface area contributed by atoms with E-state index in [0.717, 1.165) is 0 Å². The summed E-state index contributed by atoms with van der Waals surface area (Å²) in [5.41, 5.74) is 0.517. The van der Waals surface area contributed by atoms with Gasteiger partial charge in [0.25, 0.3) is 0 Å². The van der Waals surface area contributed by atoms with E-state index < -0.39 is 0 Å². The van der Waals surface area contributed by atoms with Crippen molar-refractivity contribution < 1.29 is 9.53 Å². The number of hydrogen-bond donors (Lipinski definition) is 0. The number of ether oxygens (including phenoxy) is 1. The summed E-state index contributed by atoms with van der Waals surface area (Å²) in [5, 5.41) is 0. The quantitative estimate of drug-likeness (QED) is 0.592. The van der Waals surface area contributed by atoms with Gasteiger partial charge in [-0.1, -0.05) is 13.0 Å². The van der Waals surface area contributed by atoms with Crippen molar-refractivity contribution in [3.05, 3.63) is 34.5 Å². The highest BCUT2D eigenvalue weighted by molar-refractivity contribution is 5.88. The number of esters is 1.